The highest BCUT2D eigenvalue weighted by Crippen LogP contribution is 2.13. The monoisotopic (exact) mass is 357 g/mol. The first-order chi connectivity index (χ1) is 8.67. The fraction of sp³-hybridized carbons (Fsp3) is 0.214. The predicted molar refractivity (Wildman–Crippen MR) is 81.6 cm³/mol. The average Bonchev–Trinajstić information content (AvgIpc) is 2.37. The minimum atomic E-state index is -0.0756. The summed E-state index contributed by atoms with van der Waals surface area (Å²) in [5, 5.41) is 0. The van der Waals surface area contributed by atoms with Gasteiger partial charge in [0.1, 0.15) is 5.75 Å². The smallest absolute Gasteiger partial charge is 0.261 e. The quantitative estimate of drug-likeness (QED) is 0.555. The van der Waals surface area contributed by atoms with E-state index in [1.807, 2.05) is 24.3 Å². The van der Waals surface area contributed by atoms with Crippen LogP contribution in [0.15, 0.2) is 49.6 Å². The number of carbonyl (C=O) groups is 1. The van der Waals surface area contributed by atoms with Crippen LogP contribution >= 0.6 is 22.6 Å². The van der Waals surface area contributed by atoms with E-state index in [2.05, 4.69) is 35.7 Å². The van der Waals surface area contributed by atoms with Crippen molar-refractivity contribution in [2.75, 3.05) is 19.7 Å². The number of halogens is 1. The van der Waals surface area contributed by atoms with Crippen LogP contribution in [-0.2, 0) is 4.79 Å². The van der Waals surface area contributed by atoms with E-state index < -0.39 is 0 Å². The van der Waals surface area contributed by atoms with Crippen molar-refractivity contribution >= 4 is 28.5 Å². The topological polar surface area (TPSA) is 29.5 Å². The Morgan fingerprint density at radius 1 is 1.22 bits per heavy atom. The van der Waals surface area contributed by atoms with E-state index in [1.165, 1.54) is 0 Å². The van der Waals surface area contributed by atoms with E-state index in [1.54, 1.807) is 17.1 Å². The minimum absolute atomic E-state index is 0.0300. The van der Waals surface area contributed by atoms with Crippen molar-refractivity contribution in [2.24, 2.45) is 0 Å². The van der Waals surface area contributed by atoms with Gasteiger partial charge in [-0.25, -0.2) is 0 Å². The number of ether oxygens (including phenoxy) is 1. The van der Waals surface area contributed by atoms with Crippen LogP contribution in [0.4, 0.5) is 0 Å². The Bertz CT molecular complexity index is 404. The third-order valence-corrected chi connectivity index (χ3v) is 2.95. The molecule has 18 heavy (non-hydrogen) atoms. The molecule has 0 fully saturated rings. The summed E-state index contributed by atoms with van der Waals surface area (Å²) in [7, 11) is 0. The van der Waals surface area contributed by atoms with Gasteiger partial charge in [-0.2, -0.15) is 0 Å². The molecule has 0 aliphatic carbocycles. The van der Waals surface area contributed by atoms with Crippen LogP contribution in [0, 0.1) is 3.57 Å². The number of amides is 1. The molecule has 0 saturated carbocycles. The van der Waals surface area contributed by atoms with Gasteiger partial charge >= 0.3 is 0 Å². The summed E-state index contributed by atoms with van der Waals surface area (Å²) in [6.45, 7) is 8.28. The number of carbonyl (C=O) groups excluding carboxylic acids is 1. The lowest BCUT2D eigenvalue weighted by Crippen LogP contribution is -2.35. The highest BCUT2D eigenvalue weighted by atomic mass is 127. The average molecular weight is 357 g/mol. The normalized spacial score (nSPS) is 9.61. The second-order valence-electron chi connectivity index (χ2n) is 3.62. The number of nitrogens with zero attached hydrogens (tertiary/aromatic N) is 1. The van der Waals surface area contributed by atoms with Crippen LogP contribution in [0.5, 0.6) is 5.75 Å². The summed E-state index contributed by atoms with van der Waals surface area (Å²) in [5.74, 6) is 0.620. The van der Waals surface area contributed by atoms with Crippen molar-refractivity contribution in [3.63, 3.8) is 0 Å². The summed E-state index contributed by atoms with van der Waals surface area (Å²) < 4.78 is 6.56. The molecule has 1 rings (SSSR count). The largest absolute Gasteiger partial charge is 0.484 e. The zero-order valence-electron chi connectivity index (χ0n) is 10.1. The molecule has 4 heteroatoms. The van der Waals surface area contributed by atoms with Gasteiger partial charge in [0, 0.05) is 16.7 Å². The second kappa shape index (κ2) is 7.92. The van der Waals surface area contributed by atoms with E-state index in [-0.39, 0.29) is 12.5 Å². The van der Waals surface area contributed by atoms with Crippen LogP contribution in [0.1, 0.15) is 0 Å². The Morgan fingerprint density at radius 3 is 2.28 bits per heavy atom. The fourth-order valence-corrected chi connectivity index (χ4v) is 1.72. The maximum atomic E-state index is 11.9. The summed E-state index contributed by atoms with van der Waals surface area (Å²) in [5.41, 5.74) is 0. The van der Waals surface area contributed by atoms with Gasteiger partial charge in [0.25, 0.3) is 5.91 Å². The predicted octanol–water partition coefficient (Wildman–Crippen LogP) is 2.87. The van der Waals surface area contributed by atoms with E-state index in [0.717, 1.165) is 3.57 Å². The Hall–Kier alpha value is -1.30. The standard InChI is InChI=1S/C14H16INO2/c1-3-9-16(10-4-2)14(17)11-18-13-7-5-12(15)6-8-13/h3-8H,1-2,9-11H2. The summed E-state index contributed by atoms with van der Waals surface area (Å²) in [6, 6.07) is 7.57. The first kappa shape index (κ1) is 14.8. The molecule has 0 heterocycles. The molecule has 1 aromatic carbocycles. The third kappa shape index (κ3) is 4.91. The highest BCUT2D eigenvalue weighted by molar-refractivity contribution is 14.1. The Kier molecular flexibility index (Phi) is 6.49. The maximum Gasteiger partial charge on any atom is 0.261 e. The van der Waals surface area contributed by atoms with Crippen LogP contribution in [0.3, 0.4) is 0 Å². The number of rotatable bonds is 7. The molecule has 0 atom stereocenters. The lowest BCUT2D eigenvalue weighted by Gasteiger charge is -2.19. The Balaban J connectivity index is 2.50. The van der Waals surface area contributed by atoms with Crippen molar-refractivity contribution in [1.29, 1.82) is 0 Å². The van der Waals surface area contributed by atoms with Crippen molar-refractivity contribution in [3.8, 4) is 5.75 Å². The van der Waals surface area contributed by atoms with Gasteiger partial charge in [0.15, 0.2) is 6.61 Å². The van der Waals surface area contributed by atoms with Gasteiger partial charge < -0.3 is 9.64 Å². The molecular formula is C14H16INO2. The zero-order chi connectivity index (χ0) is 13.4. The molecule has 0 spiro atoms. The van der Waals surface area contributed by atoms with Crippen molar-refractivity contribution in [3.05, 3.63) is 53.1 Å². The summed E-state index contributed by atoms with van der Waals surface area (Å²) in [6.07, 6.45) is 3.37. The Morgan fingerprint density at radius 2 is 1.78 bits per heavy atom. The number of hydrogen-bond acceptors (Lipinski definition) is 2. The molecule has 0 aromatic heterocycles. The molecule has 0 N–H and O–H groups in total. The molecule has 0 bridgehead atoms. The van der Waals surface area contributed by atoms with E-state index in [4.69, 9.17) is 4.74 Å². The van der Waals surface area contributed by atoms with Gasteiger partial charge in [-0.15, -0.1) is 13.2 Å². The molecule has 0 radical (unpaired) electrons. The van der Waals surface area contributed by atoms with E-state index >= 15 is 0 Å². The van der Waals surface area contributed by atoms with Gasteiger partial charge in [0.2, 0.25) is 0 Å². The fourth-order valence-electron chi connectivity index (χ4n) is 1.36. The van der Waals surface area contributed by atoms with E-state index in [0.29, 0.717) is 18.8 Å². The zero-order valence-corrected chi connectivity index (χ0v) is 12.3. The number of hydrogen-bond donors (Lipinski definition) is 0. The van der Waals surface area contributed by atoms with Gasteiger partial charge in [-0.3, -0.25) is 4.79 Å². The lowest BCUT2D eigenvalue weighted by molar-refractivity contribution is -0.132. The lowest BCUT2D eigenvalue weighted by atomic mass is 10.3. The van der Waals surface area contributed by atoms with Gasteiger partial charge in [0.05, 0.1) is 0 Å². The van der Waals surface area contributed by atoms with Crippen molar-refractivity contribution in [2.45, 2.75) is 0 Å². The first-order valence-electron chi connectivity index (χ1n) is 5.55. The van der Waals surface area contributed by atoms with Gasteiger partial charge in [-0.05, 0) is 46.9 Å². The molecule has 1 amide bonds. The third-order valence-electron chi connectivity index (χ3n) is 2.23. The SMILES string of the molecule is C=CCN(CC=C)C(=O)COc1ccc(I)cc1. The molecule has 0 aliphatic heterocycles. The number of benzene rings is 1. The first-order valence-corrected chi connectivity index (χ1v) is 6.63. The van der Waals surface area contributed by atoms with Crippen LogP contribution < -0.4 is 4.74 Å². The van der Waals surface area contributed by atoms with Crippen LogP contribution in [-0.4, -0.2) is 30.5 Å². The maximum absolute atomic E-state index is 11.9. The molecule has 0 saturated heterocycles. The highest BCUT2D eigenvalue weighted by Gasteiger charge is 2.11. The van der Waals surface area contributed by atoms with Crippen molar-refractivity contribution < 1.29 is 9.53 Å². The van der Waals surface area contributed by atoms with E-state index in [9.17, 15) is 4.79 Å². The van der Waals surface area contributed by atoms with Crippen LogP contribution in [0.2, 0.25) is 0 Å². The summed E-state index contributed by atoms with van der Waals surface area (Å²) >= 11 is 2.22. The second-order valence-corrected chi connectivity index (χ2v) is 4.86. The molecule has 96 valence electrons. The summed E-state index contributed by atoms with van der Waals surface area (Å²) in [4.78, 5) is 13.5. The molecule has 0 aliphatic rings. The van der Waals surface area contributed by atoms with Crippen molar-refractivity contribution in [1.82, 2.24) is 4.90 Å². The van der Waals surface area contributed by atoms with Crippen LogP contribution in [0.25, 0.3) is 0 Å². The molecule has 0 unspecified atom stereocenters. The molecule has 3 nitrogen and oxygen atoms in total. The van der Waals surface area contributed by atoms with Gasteiger partial charge in [-0.1, -0.05) is 12.2 Å². The minimum Gasteiger partial charge on any atom is -0.484 e. The molecular weight excluding hydrogens is 341 g/mol. The Labute approximate surface area is 121 Å². The molecule has 1 aromatic rings.